The first-order valence-electron chi connectivity index (χ1n) is 5.14. The van der Waals surface area contributed by atoms with Crippen LogP contribution in [-0.4, -0.2) is 36.1 Å². The summed E-state index contributed by atoms with van der Waals surface area (Å²) in [5.74, 6) is -7.25. The van der Waals surface area contributed by atoms with Crippen molar-refractivity contribution in [1.82, 2.24) is 5.32 Å². The fraction of sp³-hybridized carbons (Fsp3) is 0.364. The molecule has 1 aromatic carbocycles. The van der Waals surface area contributed by atoms with E-state index < -0.39 is 40.7 Å². The fourth-order valence-electron chi connectivity index (χ4n) is 1.34. The van der Waals surface area contributed by atoms with E-state index in [0.29, 0.717) is 11.4 Å². The minimum atomic E-state index is -1.73. The highest BCUT2D eigenvalue weighted by atomic mass is 79.9. The van der Waals surface area contributed by atoms with E-state index in [9.17, 15) is 18.0 Å². The molecule has 0 aromatic heterocycles. The molecule has 1 aromatic rings. The summed E-state index contributed by atoms with van der Waals surface area (Å²) in [6.45, 7) is 0.147. The Morgan fingerprint density at radius 3 is 2.63 bits per heavy atom. The molecular formula is C11H11BrF3NO3. The molecule has 0 aliphatic carbocycles. The van der Waals surface area contributed by atoms with Crippen molar-refractivity contribution < 1.29 is 27.8 Å². The molecule has 0 radical (unpaired) electrons. The van der Waals surface area contributed by atoms with Crippen molar-refractivity contribution in [2.24, 2.45) is 0 Å². The second-order valence-corrected chi connectivity index (χ2v) is 4.31. The molecule has 2 N–H and O–H groups in total. The van der Waals surface area contributed by atoms with Crippen LogP contribution in [0.5, 0.6) is 5.75 Å². The van der Waals surface area contributed by atoms with Crippen LogP contribution in [0.25, 0.3) is 0 Å². The fourth-order valence-corrected chi connectivity index (χ4v) is 1.69. The summed E-state index contributed by atoms with van der Waals surface area (Å²) in [6, 6.07) is -0.0928. The molecule has 1 rings (SSSR count). The van der Waals surface area contributed by atoms with Gasteiger partial charge in [0.05, 0.1) is 18.2 Å². The Balaban J connectivity index is 3.00. The third-order valence-electron chi connectivity index (χ3n) is 2.27. The van der Waals surface area contributed by atoms with E-state index in [1.54, 1.807) is 0 Å². The third kappa shape index (κ3) is 3.60. The summed E-state index contributed by atoms with van der Waals surface area (Å²) in [4.78, 5) is 11.7. The summed E-state index contributed by atoms with van der Waals surface area (Å²) in [6.07, 6.45) is 0. The molecule has 0 spiro atoms. The quantitative estimate of drug-likeness (QED) is 0.635. The minimum Gasteiger partial charge on any atom is -0.503 e. The summed E-state index contributed by atoms with van der Waals surface area (Å²) in [5.41, 5.74) is -0.779. The molecule has 1 unspecified atom stereocenters. The Labute approximate surface area is 115 Å². The van der Waals surface area contributed by atoms with Crippen molar-refractivity contribution in [3.63, 3.8) is 0 Å². The van der Waals surface area contributed by atoms with Crippen molar-refractivity contribution in [3.8, 4) is 5.75 Å². The highest BCUT2D eigenvalue weighted by Gasteiger charge is 2.23. The number of hydrogen-bond donors (Lipinski definition) is 2. The standard InChI is InChI=1S/C11H11BrF3NO3/c1-19-4-5(3-12)16-11(18)6-2-7(13)9(15)10(17)8(6)14/h2,5,17H,3-4H2,1H3,(H,16,18). The number of halogens is 4. The maximum atomic E-state index is 13.5. The second-order valence-electron chi connectivity index (χ2n) is 3.66. The molecule has 0 saturated heterocycles. The summed E-state index contributed by atoms with van der Waals surface area (Å²) >= 11 is 3.11. The summed E-state index contributed by atoms with van der Waals surface area (Å²) < 4.78 is 44.2. The van der Waals surface area contributed by atoms with Gasteiger partial charge in [-0.2, -0.15) is 4.39 Å². The lowest BCUT2D eigenvalue weighted by Gasteiger charge is -2.15. The van der Waals surface area contributed by atoms with Gasteiger partial charge in [0, 0.05) is 12.4 Å². The molecule has 0 bridgehead atoms. The number of phenolic OH excluding ortho intramolecular Hbond substituents is 1. The van der Waals surface area contributed by atoms with Crippen molar-refractivity contribution in [1.29, 1.82) is 0 Å². The maximum absolute atomic E-state index is 13.5. The monoisotopic (exact) mass is 341 g/mol. The maximum Gasteiger partial charge on any atom is 0.254 e. The van der Waals surface area contributed by atoms with Crippen molar-refractivity contribution >= 4 is 21.8 Å². The molecule has 106 valence electrons. The number of phenols is 1. The molecule has 0 saturated carbocycles. The zero-order valence-corrected chi connectivity index (χ0v) is 11.4. The number of hydrogen-bond acceptors (Lipinski definition) is 3. The first-order chi connectivity index (χ1) is 8.92. The first kappa shape index (κ1) is 15.8. The molecular weight excluding hydrogens is 331 g/mol. The largest absolute Gasteiger partial charge is 0.503 e. The van der Waals surface area contributed by atoms with Gasteiger partial charge in [0.25, 0.3) is 5.91 Å². The number of rotatable bonds is 5. The van der Waals surface area contributed by atoms with Gasteiger partial charge in [-0.1, -0.05) is 15.9 Å². The molecule has 1 atom stereocenters. The number of amides is 1. The van der Waals surface area contributed by atoms with Crippen LogP contribution in [0, 0.1) is 17.5 Å². The van der Waals surface area contributed by atoms with E-state index >= 15 is 0 Å². The SMILES string of the molecule is COCC(CBr)NC(=O)c1cc(F)c(F)c(O)c1F. The van der Waals surface area contributed by atoms with Gasteiger partial charge in [0.15, 0.2) is 17.4 Å². The Bertz CT molecular complexity index is 485. The number of ether oxygens (including phenoxy) is 1. The Hall–Kier alpha value is -1.28. The predicted molar refractivity (Wildman–Crippen MR) is 64.9 cm³/mol. The van der Waals surface area contributed by atoms with Gasteiger partial charge in [-0.05, 0) is 6.07 Å². The van der Waals surface area contributed by atoms with Crippen LogP contribution in [0.15, 0.2) is 6.07 Å². The molecule has 8 heteroatoms. The molecule has 0 aliphatic heterocycles. The van der Waals surface area contributed by atoms with Crippen LogP contribution >= 0.6 is 15.9 Å². The van der Waals surface area contributed by atoms with E-state index in [4.69, 9.17) is 9.84 Å². The van der Waals surface area contributed by atoms with Crippen molar-refractivity contribution in [2.45, 2.75) is 6.04 Å². The van der Waals surface area contributed by atoms with Gasteiger partial charge in [-0.3, -0.25) is 4.79 Å². The number of aromatic hydroxyl groups is 1. The van der Waals surface area contributed by atoms with E-state index in [1.807, 2.05) is 0 Å². The van der Waals surface area contributed by atoms with Gasteiger partial charge < -0.3 is 15.2 Å². The number of benzene rings is 1. The zero-order valence-electron chi connectivity index (χ0n) is 9.84. The van der Waals surface area contributed by atoms with Crippen LogP contribution in [0.4, 0.5) is 13.2 Å². The predicted octanol–water partition coefficient (Wildman–Crippen LogP) is 1.95. The van der Waals surface area contributed by atoms with Crippen LogP contribution in [-0.2, 0) is 4.74 Å². The normalized spacial score (nSPS) is 12.3. The highest BCUT2D eigenvalue weighted by Crippen LogP contribution is 2.25. The highest BCUT2D eigenvalue weighted by molar-refractivity contribution is 9.09. The van der Waals surface area contributed by atoms with Crippen LogP contribution in [0.2, 0.25) is 0 Å². The van der Waals surface area contributed by atoms with Gasteiger partial charge in [0.1, 0.15) is 0 Å². The second kappa shape index (κ2) is 6.76. The number of alkyl halides is 1. The molecule has 0 fully saturated rings. The minimum absolute atomic E-state index is 0.147. The molecule has 0 aliphatic rings. The van der Waals surface area contributed by atoms with Crippen LogP contribution in [0.3, 0.4) is 0 Å². The summed E-state index contributed by atoms with van der Waals surface area (Å²) in [7, 11) is 1.41. The number of methoxy groups -OCH3 is 1. The Kier molecular flexibility index (Phi) is 5.61. The number of carbonyl (C=O) groups excluding carboxylic acids is 1. The van der Waals surface area contributed by atoms with E-state index in [1.165, 1.54) is 7.11 Å². The van der Waals surface area contributed by atoms with Crippen LogP contribution in [0.1, 0.15) is 10.4 Å². The lowest BCUT2D eigenvalue weighted by molar-refractivity contribution is 0.0902. The first-order valence-corrected chi connectivity index (χ1v) is 6.26. The third-order valence-corrected chi connectivity index (χ3v) is 3.05. The molecule has 4 nitrogen and oxygen atoms in total. The lowest BCUT2D eigenvalue weighted by Crippen LogP contribution is -2.39. The smallest absolute Gasteiger partial charge is 0.254 e. The van der Waals surface area contributed by atoms with Gasteiger partial charge in [0.2, 0.25) is 5.82 Å². The number of nitrogens with one attached hydrogen (secondary N) is 1. The van der Waals surface area contributed by atoms with E-state index in [2.05, 4.69) is 21.2 Å². The van der Waals surface area contributed by atoms with E-state index in [-0.39, 0.29) is 6.61 Å². The van der Waals surface area contributed by atoms with Gasteiger partial charge in [-0.15, -0.1) is 0 Å². The van der Waals surface area contributed by atoms with E-state index in [0.717, 1.165) is 0 Å². The molecule has 0 heterocycles. The Morgan fingerprint density at radius 1 is 1.47 bits per heavy atom. The lowest BCUT2D eigenvalue weighted by atomic mass is 10.1. The van der Waals surface area contributed by atoms with Gasteiger partial charge >= 0.3 is 0 Å². The molecule has 19 heavy (non-hydrogen) atoms. The molecule has 1 amide bonds. The Morgan fingerprint density at radius 2 is 2.11 bits per heavy atom. The van der Waals surface area contributed by atoms with Crippen molar-refractivity contribution in [2.75, 3.05) is 19.0 Å². The average molecular weight is 342 g/mol. The average Bonchev–Trinajstić information content (AvgIpc) is 2.39. The number of carbonyl (C=O) groups is 1. The van der Waals surface area contributed by atoms with Crippen molar-refractivity contribution in [3.05, 3.63) is 29.1 Å². The van der Waals surface area contributed by atoms with Gasteiger partial charge in [-0.25, -0.2) is 8.78 Å². The summed E-state index contributed by atoms with van der Waals surface area (Å²) in [5, 5.41) is 11.7. The van der Waals surface area contributed by atoms with Crippen LogP contribution < -0.4 is 5.32 Å². The zero-order chi connectivity index (χ0) is 14.6. The topological polar surface area (TPSA) is 58.6 Å².